The monoisotopic (exact) mass is 462 g/mol. The van der Waals surface area contributed by atoms with Gasteiger partial charge in [0.05, 0.1) is 37.6 Å². The number of ether oxygens (including phenoxy) is 3. The van der Waals surface area contributed by atoms with Crippen LogP contribution in [0.5, 0.6) is 0 Å². The minimum atomic E-state index is -1.01. The van der Waals surface area contributed by atoms with Crippen molar-refractivity contribution in [2.75, 3.05) is 51.9 Å². The summed E-state index contributed by atoms with van der Waals surface area (Å²) in [5.74, 6) is -2.19. The van der Waals surface area contributed by atoms with Gasteiger partial charge in [0.1, 0.15) is 12.6 Å². The molecule has 0 aliphatic carbocycles. The molecular weight excluding hydrogens is 436 g/mol. The third-order valence-corrected chi connectivity index (χ3v) is 5.07. The Kier molecular flexibility index (Phi) is 8.33. The smallest absolute Gasteiger partial charge is 0.406 e. The van der Waals surface area contributed by atoms with Gasteiger partial charge in [-0.1, -0.05) is 6.07 Å². The Labute approximate surface area is 189 Å². The molecule has 12 heteroatoms. The summed E-state index contributed by atoms with van der Waals surface area (Å²) < 4.78 is 15.5. The molecule has 2 aliphatic heterocycles. The standard InChI is InChI=1S/C21H26N4O8/c1-22-21(30)33-12-11-32-10-9-31-8-7-23-14-4-2-3-13-17(14)20(29)25(19(13)28)15-5-6-16(26)24-18(15)27/h2-4,15,23H,5-12H2,1H3,(H,22,30)(H,24,26,27). The molecule has 1 aromatic rings. The third kappa shape index (κ3) is 5.84. The van der Waals surface area contributed by atoms with Gasteiger partial charge in [-0.15, -0.1) is 0 Å². The molecule has 12 nitrogen and oxygen atoms in total. The highest BCUT2D eigenvalue weighted by atomic mass is 16.6. The van der Waals surface area contributed by atoms with Crippen LogP contribution in [0.25, 0.3) is 0 Å². The highest BCUT2D eigenvalue weighted by Gasteiger charge is 2.45. The van der Waals surface area contributed by atoms with Gasteiger partial charge in [0, 0.05) is 25.7 Å². The summed E-state index contributed by atoms with van der Waals surface area (Å²) in [6.07, 6.45) is -0.349. The van der Waals surface area contributed by atoms with E-state index in [1.807, 2.05) is 0 Å². The van der Waals surface area contributed by atoms with Crippen LogP contribution in [-0.4, -0.2) is 87.3 Å². The first-order chi connectivity index (χ1) is 15.9. The van der Waals surface area contributed by atoms with Gasteiger partial charge in [-0.3, -0.25) is 29.4 Å². The highest BCUT2D eigenvalue weighted by Crippen LogP contribution is 2.32. The lowest BCUT2D eigenvalue weighted by atomic mass is 10.0. The van der Waals surface area contributed by atoms with Crippen LogP contribution in [0.3, 0.4) is 0 Å². The zero-order valence-corrected chi connectivity index (χ0v) is 18.2. The van der Waals surface area contributed by atoms with E-state index in [-0.39, 0.29) is 37.2 Å². The van der Waals surface area contributed by atoms with Crippen molar-refractivity contribution in [3.05, 3.63) is 29.3 Å². The number of carbonyl (C=O) groups is 5. The fourth-order valence-corrected chi connectivity index (χ4v) is 3.51. The Morgan fingerprint density at radius 1 is 1.06 bits per heavy atom. The average Bonchev–Trinajstić information content (AvgIpc) is 3.05. The molecule has 0 radical (unpaired) electrons. The molecule has 1 unspecified atom stereocenters. The molecule has 2 aliphatic rings. The topological polar surface area (TPSA) is 152 Å². The largest absolute Gasteiger partial charge is 0.447 e. The summed E-state index contributed by atoms with van der Waals surface area (Å²) in [6.45, 7) is 1.74. The first-order valence-corrected chi connectivity index (χ1v) is 10.5. The number of fused-ring (bicyclic) bond motifs is 1. The number of hydrogen-bond donors (Lipinski definition) is 3. The Balaban J connectivity index is 1.45. The summed E-state index contributed by atoms with van der Waals surface area (Å²) in [5, 5.41) is 7.58. The Morgan fingerprint density at radius 2 is 1.79 bits per heavy atom. The summed E-state index contributed by atoms with van der Waals surface area (Å²) in [6, 6.07) is 3.85. The first-order valence-electron chi connectivity index (χ1n) is 10.5. The number of alkyl carbamates (subject to hydrolysis) is 1. The van der Waals surface area contributed by atoms with Crippen LogP contribution < -0.4 is 16.0 Å². The van der Waals surface area contributed by atoms with Crippen LogP contribution in [0.4, 0.5) is 10.5 Å². The van der Waals surface area contributed by atoms with Gasteiger partial charge >= 0.3 is 6.09 Å². The van der Waals surface area contributed by atoms with Crippen LogP contribution in [0.15, 0.2) is 18.2 Å². The quantitative estimate of drug-likeness (QED) is 0.302. The molecular formula is C21H26N4O8. The van der Waals surface area contributed by atoms with Crippen molar-refractivity contribution in [3.63, 3.8) is 0 Å². The second kappa shape index (κ2) is 11.4. The van der Waals surface area contributed by atoms with Gasteiger partial charge in [0.15, 0.2) is 0 Å². The van der Waals surface area contributed by atoms with Gasteiger partial charge < -0.3 is 24.8 Å². The number of benzene rings is 1. The first kappa shape index (κ1) is 24.1. The van der Waals surface area contributed by atoms with Gasteiger partial charge in [0.25, 0.3) is 11.8 Å². The van der Waals surface area contributed by atoms with Crippen LogP contribution >= 0.6 is 0 Å². The summed E-state index contributed by atoms with van der Waals surface area (Å²) in [7, 11) is 1.47. The average molecular weight is 462 g/mol. The van der Waals surface area contributed by atoms with E-state index < -0.39 is 35.8 Å². The zero-order valence-electron chi connectivity index (χ0n) is 18.2. The number of rotatable bonds is 11. The van der Waals surface area contributed by atoms with E-state index in [0.29, 0.717) is 32.1 Å². The molecule has 3 N–H and O–H groups in total. The maximum atomic E-state index is 13.0. The van der Waals surface area contributed by atoms with Crippen molar-refractivity contribution >= 4 is 35.4 Å². The molecule has 33 heavy (non-hydrogen) atoms. The molecule has 0 aromatic heterocycles. The minimum Gasteiger partial charge on any atom is -0.447 e. The van der Waals surface area contributed by atoms with Gasteiger partial charge in [-0.25, -0.2) is 4.79 Å². The predicted molar refractivity (Wildman–Crippen MR) is 114 cm³/mol. The molecule has 1 aromatic carbocycles. The summed E-state index contributed by atoms with van der Waals surface area (Å²) >= 11 is 0. The summed E-state index contributed by atoms with van der Waals surface area (Å²) in [4.78, 5) is 61.2. The molecule has 0 saturated carbocycles. The van der Waals surface area contributed by atoms with Gasteiger partial charge in [0.2, 0.25) is 11.8 Å². The van der Waals surface area contributed by atoms with Crippen LogP contribution in [0.2, 0.25) is 0 Å². The number of nitrogens with one attached hydrogen (secondary N) is 3. The Hall–Kier alpha value is -3.51. The highest BCUT2D eigenvalue weighted by molar-refractivity contribution is 6.25. The van der Waals surface area contributed by atoms with E-state index >= 15 is 0 Å². The second-order valence-corrected chi connectivity index (χ2v) is 7.21. The normalized spacial score (nSPS) is 17.6. The second-order valence-electron chi connectivity index (χ2n) is 7.21. The lowest BCUT2D eigenvalue weighted by Gasteiger charge is -2.27. The molecule has 3 rings (SSSR count). The molecule has 2 heterocycles. The lowest BCUT2D eigenvalue weighted by Crippen LogP contribution is -2.54. The van der Waals surface area contributed by atoms with E-state index in [2.05, 4.69) is 16.0 Å². The van der Waals surface area contributed by atoms with Crippen LogP contribution in [0, 0.1) is 0 Å². The molecule has 1 atom stereocenters. The van der Waals surface area contributed by atoms with Gasteiger partial charge in [-0.05, 0) is 18.6 Å². The third-order valence-electron chi connectivity index (χ3n) is 5.07. The van der Waals surface area contributed by atoms with E-state index in [0.717, 1.165) is 4.90 Å². The maximum absolute atomic E-state index is 13.0. The van der Waals surface area contributed by atoms with Crippen LogP contribution in [0.1, 0.15) is 33.6 Å². The molecule has 1 fully saturated rings. The number of piperidine rings is 1. The molecule has 1 saturated heterocycles. The lowest BCUT2D eigenvalue weighted by molar-refractivity contribution is -0.136. The van der Waals surface area contributed by atoms with Crippen molar-refractivity contribution < 1.29 is 38.2 Å². The van der Waals surface area contributed by atoms with Gasteiger partial charge in [-0.2, -0.15) is 0 Å². The Morgan fingerprint density at radius 3 is 2.52 bits per heavy atom. The van der Waals surface area contributed by atoms with E-state index in [4.69, 9.17) is 14.2 Å². The number of anilines is 1. The maximum Gasteiger partial charge on any atom is 0.406 e. The van der Waals surface area contributed by atoms with Crippen LogP contribution in [-0.2, 0) is 23.8 Å². The van der Waals surface area contributed by atoms with Crippen molar-refractivity contribution in [1.82, 2.24) is 15.5 Å². The van der Waals surface area contributed by atoms with E-state index in [1.54, 1.807) is 12.1 Å². The molecule has 5 amide bonds. The molecule has 178 valence electrons. The fourth-order valence-electron chi connectivity index (χ4n) is 3.51. The summed E-state index contributed by atoms with van der Waals surface area (Å²) in [5.41, 5.74) is 0.876. The number of nitrogens with zero attached hydrogens (tertiary/aromatic N) is 1. The molecule has 0 bridgehead atoms. The van der Waals surface area contributed by atoms with E-state index in [1.165, 1.54) is 13.1 Å². The zero-order chi connectivity index (χ0) is 23.8. The van der Waals surface area contributed by atoms with Crippen molar-refractivity contribution in [2.24, 2.45) is 0 Å². The van der Waals surface area contributed by atoms with E-state index in [9.17, 15) is 24.0 Å². The molecule has 0 spiro atoms. The number of imide groups is 2. The predicted octanol–water partition coefficient (Wildman–Crippen LogP) is -0.111. The van der Waals surface area contributed by atoms with Crippen molar-refractivity contribution in [2.45, 2.75) is 18.9 Å². The minimum absolute atomic E-state index is 0.0665. The van der Waals surface area contributed by atoms with Crippen molar-refractivity contribution in [1.29, 1.82) is 0 Å². The number of amides is 5. The Bertz CT molecular complexity index is 935. The SMILES string of the molecule is CNC(=O)OCCOCCOCCNc1cccc2c1C(=O)N(C1CCC(=O)NC1=O)C2=O. The number of carbonyl (C=O) groups excluding carboxylic acids is 5. The van der Waals surface area contributed by atoms with Crippen molar-refractivity contribution in [3.8, 4) is 0 Å². The fraction of sp³-hybridized carbons (Fsp3) is 0.476. The number of hydrogen-bond acceptors (Lipinski definition) is 9.